The number of H-pyrrole nitrogens is 1. The normalized spacial score (nSPS) is 11.7. The number of aromatic nitrogens is 3. The molecule has 2 aromatic carbocycles. The van der Waals surface area contributed by atoms with E-state index in [-0.39, 0.29) is 0 Å². The first-order valence-corrected chi connectivity index (χ1v) is 6.38. The van der Waals surface area contributed by atoms with E-state index in [2.05, 4.69) is 35.9 Å². The van der Waals surface area contributed by atoms with Crippen molar-refractivity contribution in [1.29, 1.82) is 0 Å². The van der Waals surface area contributed by atoms with E-state index in [1.807, 2.05) is 24.3 Å². The SMILES string of the molecule is Cc1ccc(C)c2c1[nH]c1nc3ccccc3nc12. The van der Waals surface area contributed by atoms with E-state index in [0.29, 0.717) is 0 Å². The summed E-state index contributed by atoms with van der Waals surface area (Å²) in [6.45, 7) is 4.22. The number of hydrogen-bond acceptors (Lipinski definition) is 2. The topological polar surface area (TPSA) is 41.6 Å². The van der Waals surface area contributed by atoms with Crippen molar-refractivity contribution in [2.45, 2.75) is 13.8 Å². The van der Waals surface area contributed by atoms with Crippen molar-refractivity contribution in [3.05, 3.63) is 47.5 Å². The van der Waals surface area contributed by atoms with Crippen molar-refractivity contribution in [2.75, 3.05) is 0 Å². The third kappa shape index (κ3) is 1.38. The van der Waals surface area contributed by atoms with Crippen LogP contribution in [0.5, 0.6) is 0 Å². The van der Waals surface area contributed by atoms with Crippen LogP contribution in [0.2, 0.25) is 0 Å². The summed E-state index contributed by atoms with van der Waals surface area (Å²) in [4.78, 5) is 12.9. The largest absolute Gasteiger partial charge is 0.338 e. The molecule has 0 aliphatic rings. The van der Waals surface area contributed by atoms with E-state index >= 15 is 0 Å². The minimum absolute atomic E-state index is 0.867. The van der Waals surface area contributed by atoms with Crippen LogP contribution in [-0.2, 0) is 0 Å². The molecular formula is C16H13N3. The van der Waals surface area contributed by atoms with E-state index in [0.717, 1.165) is 27.7 Å². The number of nitrogens with zero attached hydrogens (tertiary/aromatic N) is 2. The first kappa shape index (κ1) is 10.5. The van der Waals surface area contributed by atoms with Gasteiger partial charge in [-0.2, -0.15) is 0 Å². The number of fused-ring (bicyclic) bond motifs is 4. The number of benzene rings is 2. The highest BCUT2D eigenvalue weighted by Gasteiger charge is 2.11. The fourth-order valence-corrected chi connectivity index (χ4v) is 2.66. The lowest BCUT2D eigenvalue weighted by atomic mass is 10.1. The van der Waals surface area contributed by atoms with Gasteiger partial charge in [0.1, 0.15) is 5.52 Å². The quantitative estimate of drug-likeness (QED) is 0.512. The molecule has 0 bridgehead atoms. The maximum absolute atomic E-state index is 4.77. The van der Waals surface area contributed by atoms with Crippen molar-refractivity contribution in [2.24, 2.45) is 0 Å². The molecule has 4 rings (SSSR count). The van der Waals surface area contributed by atoms with Gasteiger partial charge in [-0.25, -0.2) is 9.97 Å². The highest BCUT2D eigenvalue weighted by atomic mass is 14.9. The van der Waals surface area contributed by atoms with Crippen molar-refractivity contribution in [3.63, 3.8) is 0 Å². The fourth-order valence-electron chi connectivity index (χ4n) is 2.66. The molecule has 0 aliphatic heterocycles. The summed E-state index contributed by atoms with van der Waals surface area (Å²) in [5.41, 5.74) is 7.31. The zero-order chi connectivity index (χ0) is 13.0. The second-order valence-electron chi connectivity index (χ2n) is 4.98. The molecule has 0 amide bonds. The summed E-state index contributed by atoms with van der Waals surface area (Å²) >= 11 is 0. The van der Waals surface area contributed by atoms with Crippen LogP contribution in [0.3, 0.4) is 0 Å². The summed E-state index contributed by atoms with van der Waals surface area (Å²) in [7, 11) is 0. The Kier molecular flexibility index (Phi) is 1.96. The van der Waals surface area contributed by atoms with Crippen LogP contribution >= 0.6 is 0 Å². The Bertz CT molecular complexity index is 935. The lowest BCUT2D eigenvalue weighted by Crippen LogP contribution is -1.85. The molecule has 0 fully saturated rings. The molecule has 0 saturated carbocycles. The molecule has 0 radical (unpaired) electrons. The summed E-state index contributed by atoms with van der Waals surface area (Å²) in [5, 5.41) is 1.19. The monoisotopic (exact) mass is 247 g/mol. The average Bonchev–Trinajstić information content (AvgIpc) is 2.80. The molecule has 2 heterocycles. The van der Waals surface area contributed by atoms with Crippen LogP contribution in [0.4, 0.5) is 0 Å². The molecular weight excluding hydrogens is 234 g/mol. The van der Waals surface area contributed by atoms with Crippen molar-refractivity contribution < 1.29 is 0 Å². The number of nitrogens with one attached hydrogen (secondary N) is 1. The maximum Gasteiger partial charge on any atom is 0.157 e. The molecule has 92 valence electrons. The number of hydrogen-bond donors (Lipinski definition) is 1. The van der Waals surface area contributed by atoms with Gasteiger partial charge in [-0.05, 0) is 37.1 Å². The number of aryl methyl sites for hydroxylation is 2. The minimum Gasteiger partial charge on any atom is -0.338 e. The third-order valence-electron chi connectivity index (χ3n) is 3.67. The lowest BCUT2D eigenvalue weighted by Gasteiger charge is -2.00. The van der Waals surface area contributed by atoms with Gasteiger partial charge in [-0.1, -0.05) is 24.3 Å². The average molecular weight is 247 g/mol. The van der Waals surface area contributed by atoms with Crippen LogP contribution < -0.4 is 0 Å². The summed E-state index contributed by atoms with van der Waals surface area (Å²) in [5.74, 6) is 0. The predicted molar refractivity (Wildman–Crippen MR) is 78.4 cm³/mol. The van der Waals surface area contributed by atoms with Gasteiger partial charge in [0.25, 0.3) is 0 Å². The first-order valence-electron chi connectivity index (χ1n) is 6.38. The number of aromatic amines is 1. The Morgan fingerprint density at radius 2 is 1.53 bits per heavy atom. The molecule has 1 N–H and O–H groups in total. The maximum atomic E-state index is 4.77. The Labute approximate surface area is 110 Å². The van der Waals surface area contributed by atoms with Gasteiger partial charge in [0.15, 0.2) is 5.65 Å². The van der Waals surface area contributed by atoms with E-state index in [4.69, 9.17) is 4.98 Å². The van der Waals surface area contributed by atoms with Crippen LogP contribution in [-0.4, -0.2) is 15.0 Å². The third-order valence-corrected chi connectivity index (χ3v) is 3.67. The summed E-state index contributed by atoms with van der Waals surface area (Å²) in [6, 6.07) is 12.3. The van der Waals surface area contributed by atoms with Gasteiger partial charge in [0.05, 0.1) is 16.6 Å². The van der Waals surface area contributed by atoms with Gasteiger partial charge in [0.2, 0.25) is 0 Å². The van der Waals surface area contributed by atoms with Crippen LogP contribution in [0.25, 0.3) is 33.1 Å². The molecule has 0 unspecified atom stereocenters. The first-order chi connectivity index (χ1) is 9.24. The molecule has 19 heavy (non-hydrogen) atoms. The van der Waals surface area contributed by atoms with Crippen molar-refractivity contribution >= 4 is 33.1 Å². The number of rotatable bonds is 0. The molecule has 0 saturated heterocycles. The van der Waals surface area contributed by atoms with Crippen LogP contribution in [0.1, 0.15) is 11.1 Å². The summed E-state index contributed by atoms with van der Waals surface area (Å²) < 4.78 is 0. The zero-order valence-corrected chi connectivity index (χ0v) is 10.9. The van der Waals surface area contributed by atoms with Crippen molar-refractivity contribution in [3.8, 4) is 0 Å². The molecule has 2 aromatic heterocycles. The highest BCUT2D eigenvalue weighted by molar-refractivity contribution is 6.08. The van der Waals surface area contributed by atoms with E-state index < -0.39 is 0 Å². The zero-order valence-electron chi connectivity index (χ0n) is 10.9. The standard InChI is InChI=1S/C16H13N3/c1-9-7-8-10(2)14-13(9)15-16(19-14)18-12-6-4-3-5-11(12)17-15/h3-8H,1-2H3,(H,18,19). The van der Waals surface area contributed by atoms with Gasteiger partial charge in [-0.15, -0.1) is 0 Å². The van der Waals surface area contributed by atoms with Gasteiger partial charge >= 0.3 is 0 Å². The lowest BCUT2D eigenvalue weighted by molar-refractivity contribution is 1.35. The molecule has 3 nitrogen and oxygen atoms in total. The van der Waals surface area contributed by atoms with Gasteiger partial charge in [0, 0.05) is 5.39 Å². The van der Waals surface area contributed by atoms with Crippen LogP contribution in [0.15, 0.2) is 36.4 Å². The van der Waals surface area contributed by atoms with Gasteiger partial charge in [-0.3, -0.25) is 0 Å². The minimum atomic E-state index is 0.867. The Morgan fingerprint density at radius 1 is 0.842 bits per heavy atom. The van der Waals surface area contributed by atoms with Crippen LogP contribution in [0, 0.1) is 13.8 Å². The van der Waals surface area contributed by atoms with Crippen molar-refractivity contribution in [1.82, 2.24) is 15.0 Å². The van der Waals surface area contributed by atoms with E-state index in [1.165, 1.54) is 16.5 Å². The Morgan fingerprint density at radius 3 is 2.32 bits per heavy atom. The summed E-state index contributed by atoms with van der Waals surface area (Å²) in [6.07, 6.45) is 0. The fraction of sp³-hybridized carbons (Fsp3) is 0.125. The van der Waals surface area contributed by atoms with Gasteiger partial charge < -0.3 is 4.98 Å². The Hall–Kier alpha value is -2.42. The second kappa shape index (κ2) is 3.54. The molecule has 0 aliphatic carbocycles. The highest BCUT2D eigenvalue weighted by Crippen LogP contribution is 2.29. The van der Waals surface area contributed by atoms with E-state index in [1.54, 1.807) is 0 Å². The molecule has 3 heteroatoms. The smallest absolute Gasteiger partial charge is 0.157 e. The molecule has 0 spiro atoms. The second-order valence-corrected chi connectivity index (χ2v) is 4.98. The Balaban J connectivity index is 2.30. The number of para-hydroxylation sites is 2. The molecule has 0 atom stereocenters. The molecule has 4 aromatic rings. The van der Waals surface area contributed by atoms with E-state index in [9.17, 15) is 0 Å². The predicted octanol–water partition coefficient (Wildman–Crippen LogP) is 3.88.